The first-order valence-corrected chi connectivity index (χ1v) is 8.03. The largest absolute Gasteiger partial charge is 0.493 e. The summed E-state index contributed by atoms with van der Waals surface area (Å²) in [4.78, 5) is 1.08. The van der Waals surface area contributed by atoms with E-state index >= 15 is 0 Å². The predicted octanol–water partition coefficient (Wildman–Crippen LogP) is 3.05. The number of aromatic nitrogens is 2. The molecular weight excluding hydrogens is 396 g/mol. The van der Waals surface area contributed by atoms with Gasteiger partial charge in [0.15, 0.2) is 5.75 Å². The first kappa shape index (κ1) is 15.0. The van der Waals surface area contributed by atoms with Gasteiger partial charge >= 0.3 is 0 Å². The average molecular weight is 410 g/mol. The maximum atomic E-state index is 5.73. The van der Waals surface area contributed by atoms with E-state index in [0.29, 0.717) is 0 Å². The third-order valence-electron chi connectivity index (χ3n) is 2.75. The van der Waals surface area contributed by atoms with Crippen LogP contribution in [0.5, 0.6) is 5.75 Å². The number of halogens is 2. The summed E-state index contributed by atoms with van der Waals surface area (Å²) in [5, 5.41) is 4.31. The maximum Gasteiger partial charge on any atom is 0.162 e. The molecule has 0 bridgehead atoms. The highest BCUT2D eigenvalue weighted by Crippen LogP contribution is 2.39. The van der Waals surface area contributed by atoms with Gasteiger partial charge < -0.3 is 4.74 Å². The Morgan fingerprint density at radius 1 is 1.58 bits per heavy atom. The summed E-state index contributed by atoms with van der Waals surface area (Å²) in [5.74, 6) is 6.46. The molecule has 3 N–H and O–H groups in total. The highest BCUT2D eigenvalue weighted by atomic mass is 79.9. The van der Waals surface area contributed by atoms with Gasteiger partial charge in [0.1, 0.15) is 11.7 Å². The van der Waals surface area contributed by atoms with Crippen LogP contribution in [0.1, 0.15) is 23.5 Å². The lowest BCUT2D eigenvalue weighted by atomic mass is 10.1. The number of rotatable bonds is 5. The summed E-state index contributed by atoms with van der Waals surface area (Å²) in [6.07, 6.45) is 1.71. The first-order valence-electron chi connectivity index (χ1n) is 5.62. The van der Waals surface area contributed by atoms with Crippen LogP contribution in [-0.4, -0.2) is 16.9 Å². The number of hydrogen-bond acceptors (Lipinski definition) is 5. The van der Waals surface area contributed by atoms with Crippen LogP contribution in [0, 0.1) is 0 Å². The summed E-state index contributed by atoms with van der Waals surface area (Å²) >= 11 is 8.60. The van der Waals surface area contributed by atoms with Crippen molar-refractivity contribution in [2.24, 2.45) is 5.84 Å². The van der Waals surface area contributed by atoms with Gasteiger partial charge in [-0.2, -0.15) is 5.10 Å². The van der Waals surface area contributed by atoms with Crippen LogP contribution in [0.25, 0.3) is 0 Å². The number of ether oxygens (including phenoxy) is 1. The molecule has 8 heteroatoms. The number of hydrogen-bond donors (Lipinski definition) is 2. The highest BCUT2D eigenvalue weighted by Gasteiger charge is 2.24. The molecule has 0 aliphatic carbocycles. The van der Waals surface area contributed by atoms with Crippen molar-refractivity contribution in [1.82, 2.24) is 15.2 Å². The van der Waals surface area contributed by atoms with Gasteiger partial charge in [-0.3, -0.25) is 10.5 Å². The zero-order chi connectivity index (χ0) is 14.0. The molecule has 19 heavy (non-hydrogen) atoms. The highest BCUT2D eigenvalue weighted by molar-refractivity contribution is 9.13. The zero-order valence-corrected chi connectivity index (χ0v) is 14.5. The average Bonchev–Trinajstić information content (AvgIpc) is 2.95. The van der Waals surface area contributed by atoms with Gasteiger partial charge in [-0.1, -0.05) is 0 Å². The Bertz CT molecular complexity index is 528. The molecule has 0 fully saturated rings. The number of methoxy groups -OCH3 is 1. The van der Waals surface area contributed by atoms with Gasteiger partial charge in [0.2, 0.25) is 0 Å². The first-order chi connectivity index (χ1) is 9.12. The Kier molecular flexibility index (Phi) is 5.02. The summed E-state index contributed by atoms with van der Waals surface area (Å²) in [7, 11) is 1.63. The molecule has 2 rings (SSSR count). The summed E-state index contributed by atoms with van der Waals surface area (Å²) < 4.78 is 9.29. The van der Waals surface area contributed by atoms with Gasteiger partial charge in [0, 0.05) is 15.9 Å². The third-order valence-corrected chi connectivity index (χ3v) is 6.07. The van der Waals surface area contributed by atoms with Gasteiger partial charge in [-0.15, -0.1) is 11.3 Å². The van der Waals surface area contributed by atoms with E-state index in [9.17, 15) is 0 Å². The van der Waals surface area contributed by atoms with Crippen molar-refractivity contribution in [3.8, 4) is 5.75 Å². The second-order valence-electron chi connectivity index (χ2n) is 3.78. The van der Waals surface area contributed by atoms with Crippen LogP contribution in [-0.2, 0) is 6.54 Å². The molecule has 0 aliphatic rings. The van der Waals surface area contributed by atoms with E-state index in [1.807, 2.05) is 17.7 Å². The molecule has 2 aromatic heterocycles. The quantitative estimate of drug-likeness (QED) is 0.588. The smallest absolute Gasteiger partial charge is 0.162 e. The van der Waals surface area contributed by atoms with Crippen molar-refractivity contribution in [1.29, 1.82) is 0 Å². The van der Waals surface area contributed by atoms with Crippen molar-refractivity contribution in [2.75, 3.05) is 7.11 Å². The Hall–Kier alpha value is -0.410. The third kappa shape index (κ3) is 2.87. The Morgan fingerprint density at radius 3 is 2.79 bits per heavy atom. The molecule has 104 valence electrons. The minimum atomic E-state index is -0.162. The molecule has 0 radical (unpaired) electrons. The summed E-state index contributed by atoms with van der Waals surface area (Å²) in [6.45, 7) is 2.79. The van der Waals surface area contributed by atoms with Crippen LogP contribution in [0.15, 0.2) is 20.5 Å². The minimum Gasteiger partial charge on any atom is -0.493 e. The minimum absolute atomic E-state index is 0.162. The summed E-state index contributed by atoms with van der Waals surface area (Å²) in [6, 6.07) is 1.87. The van der Waals surface area contributed by atoms with E-state index < -0.39 is 0 Å². The number of aryl methyl sites for hydroxylation is 1. The van der Waals surface area contributed by atoms with Crippen molar-refractivity contribution >= 4 is 43.2 Å². The lowest BCUT2D eigenvalue weighted by molar-refractivity contribution is 0.400. The van der Waals surface area contributed by atoms with Gasteiger partial charge in [0.25, 0.3) is 0 Å². The van der Waals surface area contributed by atoms with Gasteiger partial charge in [-0.05, 0) is 44.8 Å². The SMILES string of the molecule is CCn1ncc(OC)c1C(NN)c1cc(Br)c(Br)s1. The van der Waals surface area contributed by atoms with E-state index in [1.54, 1.807) is 24.6 Å². The molecule has 5 nitrogen and oxygen atoms in total. The molecule has 1 unspecified atom stereocenters. The normalized spacial score (nSPS) is 12.7. The van der Waals surface area contributed by atoms with Crippen molar-refractivity contribution in [3.63, 3.8) is 0 Å². The standard InChI is InChI=1S/C11H14Br2N4OS/c1-3-17-10(7(18-2)5-15-17)9(16-14)8-4-6(12)11(13)19-8/h4-5,9,16H,3,14H2,1-2H3. The molecule has 0 aliphatic heterocycles. The van der Waals surface area contributed by atoms with Crippen LogP contribution in [0.4, 0.5) is 0 Å². The van der Waals surface area contributed by atoms with Crippen LogP contribution < -0.4 is 16.0 Å². The number of nitrogens with one attached hydrogen (secondary N) is 1. The molecule has 0 spiro atoms. The Balaban J connectivity index is 2.49. The van der Waals surface area contributed by atoms with E-state index in [2.05, 4.69) is 42.4 Å². The van der Waals surface area contributed by atoms with Crippen molar-refractivity contribution < 1.29 is 4.74 Å². The van der Waals surface area contributed by atoms with Gasteiger partial charge in [-0.25, -0.2) is 5.43 Å². The van der Waals surface area contributed by atoms with Crippen LogP contribution in [0.2, 0.25) is 0 Å². The topological polar surface area (TPSA) is 65.1 Å². The van der Waals surface area contributed by atoms with E-state index in [1.165, 1.54) is 0 Å². The number of hydrazine groups is 1. The molecule has 2 aromatic rings. The van der Waals surface area contributed by atoms with E-state index in [-0.39, 0.29) is 6.04 Å². The molecule has 0 saturated heterocycles. The molecule has 0 saturated carbocycles. The predicted molar refractivity (Wildman–Crippen MR) is 83.3 cm³/mol. The van der Waals surface area contributed by atoms with Gasteiger partial charge in [0.05, 0.1) is 17.1 Å². The Morgan fingerprint density at radius 2 is 2.32 bits per heavy atom. The van der Waals surface area contributed by atoms with E-state index in [0.717, 1.165) is 31.1 Å². The van der Waals surface area contributed by atoms with E-state index in [4.69, 9.17) is 10.6 Å². The molecule has 0 aromatic carbocycles. The molecule has 0 amide bonds. The summed E-state index contributed by atoms with van der Waals surface area (Å²) in [5.41, 5.74) is 3.76. The van der Waals surface area contributed by atoms with Crippen molar-refractivity contribution in [2.45, 2.75) is 19.5 Å². The Labute approximate surface area is 132 Å². The van der Waals surface area contributed by atoms with Crippen molar-refractivity contribution in [3.05, 3.63) is 31.1 Å². The zero-order valence-electron chi connectivity index (χ0n) is 10.5. The molecule has 2 heterocycles. The molecule has 1 atom stereocenters. The second-order valence-corrected chi connectivity index (χ2v) is 7.04. The fourth-order valence-corrected chi connectivity index (χ4v) is 4.03. The number of nitrogens with two attached hydrogens (primary N) is 1. The lowest BCUT2D eigenvalue weighted by Crippen LogP contribution is -2.30. The van der Waals surface area contributed by atoms with Crippen LogP contribution >= 0.6 is 43.2 Å². The monoisotopic (exact) mass is 408 g/mol. The maximum absolute atomic E-state index is 5.73. The number of thiophene rings is 1. The molecular formula is C11H14Br2N4OS. The second kappa shape index (κ2) is 6.36. The lowest BCUT2D eigenvalue weighted by Gasteiger charge is -2.17. The number of nitrogens with zero attached hydrogens (tertiary/aromatic N) is 2. The van der Waals surface area contributed by atoms with Crippen LogP contribution in [0.3, 0.4) is 0 Å². The fourth-order valence-electron chi connectivity index (χ4n) is 1.88. The fraction of sp³-hybridized carbons (Fsp3) is 0.364.